The molecule has 3 rings (SSSR count). The van der Waals surface area contributed by atoms with Gasteiger partial charge in [0.25, 0.3) is 0 Å². The Morgan fingerprint density at radius 2 is 1.48 bits per heavy atom. The van der Waals surface area contributed by atoms with Gasteiger partial charge in [0, 0.05) is 37.6 Å². The molecule has 1 fully saturated rings. The molecule has 2 aromatic carbocycles. The molecule has 0 radical (unpaired) electrons. The minimum absolute atomic E-state index is 0.272. The van der Waals surface area contributed by atoms with Crippen molar-refractivity contribution < 1.29 is 14.0 Å². The summed E-state index contributed by atoms with van der Waals surface area (Å²) in [6.45, 7) is 7.95. The van der Waals surface area contributed by atoms with Crippen molar-refractivity contribution in [2.24, 2.45) is 0 Å². The maximum atomic E-state index is 13.1. The first-order valence-electron chi connectivity index (χ1n) is 9.04. The average molecular weight is 369 g/mol. The molecule has 1 N–H and O–H groups in total. The number of nitrogens with zero attached hydrogens (tertiary/aromatic N) is 2. The number of anilines is 2. The van der Waals surface area contributed by atoms with E-state index in [0.717, 1.165) is 22.4 Å². The van der Waals surface area contributed by atoms with Crippen molar-refractivity contribution in [3.8, 4) is 0 Å². The van der Waals surface area contributed by atoms with Crippen LogP contribution in [0.15, 0.2) is 36.4 Å². The highest BCUT2D eigenvalue weighted by Gasteiger charge is 2.26. The number of piperazine rings is 1. The van der Waals surface area contributed by atoms with Gasteiger partial charge in [-0.25, -0.2) is 4.39 Å². The second-order valence-corrected chi connectivity index (χ2v) is 6.98. The summed E-state index contributed by atoms with van der Waals surface area (Å²) in [7, 11) is 0. The number of amides is 2. The molecule has 0 unspecified atom stereocenters. The van der Waals surface area contributed by atoms with E-state index in [2.05, 4.69) is 10.2 Å². The smallest absolute Gasteiger partial charge is 0.313 e. The number of nitrogens with one attached hydrogen (secondary N) is 1. The third-order valence-corrected chi connectivity index (χ3v) is 4.87. The van der Waals surface area contributed by atoms with E-state index in [0.29, 0.717) is 31.9 Å². The molecular formula is C21H24FN3O2. The van der Waals surface area contributed by atoms with Gasteiger partial charge < -0.3 is 15.1 Å². The fourth-order valence-electron chi connectivity index (χ4n) is 3.51. The van der Waals surface area contributed by atoms with Gasteiger partial charge in [-0.05, 0) is 56.2 Å². The number of rotatable bonds is 2. The fourth-order valence-corrected chi connectivity index (χ4v) is 3.51. The van der Waals surface area contributed by atoms with Gasteiger partial charge in [-0.1, -0.05) is 17.7 Å². The minimum Gasteiger partial charge on any atom is -0.368 e. The lowest BCUT2D eigenvalue weighted by Crippen LogP contribution is -2.51. The Labute approximate surface area is 158 Å². The SMILES string of the molecule is Cc1cc(C)c(NC(=O)C(=O)N2CCN(c3ccc(F)cc3)CC2)c(C)c1. The quantitative estimate of drug-likeness (QED) is 0.828. The molecule has 1 saturated heterocycles. The summed E-state index contributed by atoms with van der Waals surface area (Å²) in [6, 6.07) is 10.3. The average Bonchev–Trinajstić information content (AvgIpc) is 2.64. The van der Waals surface area contributed by atoms with E-state index in [1.54, 1.807) is 17.0 Å². The Morgan fingerprint density at radius 3 is 2.04 bits per heavy atom. The Hall–Kier alpha value is -2.89. The molecule has 0 saturated carbocycles. The van der Waals surface area contributed by atoms with Crippen LogP contribution in [0.2, 0.25) is 0 Å². The van der Waals surface area contributed by atoms with Gasteiger partial charge >= 0.3 is 11.8 Å². The molecule has 27 heavy (non-hydrogen) atoms. The van der Waals surface area contributed by atoms with Crippen LogP contribution in [0.1, 0.15) is 16.7 Å². The number of carbonyl (C=O) groups excluding carboxylic acids is 2. The molecule has 0 aromatic heterocycles. The van der Waals surface area contributed by atoms with E-state index in [1.807, 2.05) is 32.9 Å². The van der Waals surface area contributed by atoms with Crippen LogP contribution in [-0.4, -0.2) is 42.9 Å². The van der Waals surface area contributed by atoms with E-state index in [1.165, 1.54) is 12.1 Å². The third-order valence-electron chi connectivity index (χ3n) is 4.87. The standard InChI is InChI=1S/C21H24FN3O2/c1-14-12-15(2)19(16(3)13-14)23-20(26)21(27)25-10-8-24(9-11-25)18-6-4-17(22)5-7-18/h4-7,12-13H,8-11H2,1-3H3,(H,23,26). The zero-order valence-corrected chi connectivity index (χ0v) is 15.9. The lowest BCUT2D eigenvalue weighted by atomic mass is 10.1. The number of hydrogen-bond acceptors (Lipinski definition) is 3. The summed E-state index contributed by atoms with van der Waals surface area (Å²) in [4.78, 5) is 28.6. The van der Waals surface area contributed by atoms with Gasteiger partial charge in [0.1, 0.15) is 5.82 Å². The van der Waals surface area contributed by atoms with Crippen molar-refractivity contribution in [1.29, 1.82) is 0 Å². The van der Waals surface area contributed by atoms with E-state index in [4.69, 9.17) is 0 Å². The monoisotopic (exact) mass is 369 g/mol. The van der Waals surface area contributed by atoms with Crippen molar-refractivity contribution in [3.05, 3.63) is 58.9 Å². The van der Waals surface area contributed by atoms with Crippen molar-refractivity contribution in [1.82, 2.24) is 4.90 Å². The van der Waals surface area contributed by atoms with Gasteiger partial charge in [-0.2, -0.15) is 0 Å². The van der Waals surface area contributed by atoms with Gasteiger partial charge in [0.05, 0.1) is 0 Å². The summed E-state index contributed by atoms with van der Waals surface area (Å²) in [5, 5.41) is 2.77. The molecule has 0 bridgehead atoms. The van der Waals surface area contributed by atoms with E-state index >= 15 is 0 Å². The minimum atomic E-state index is -0.611. The molecule has 1 aliphatic rings. The molecule has 5 nitrogen and oxygen atoms in total. The Bertz CT molecular complexity index is 833. The normalized spacial score (nSPS) is 14.2. The van der Waals surface area contributed by atoms with Crippen LogP contribution in [0.25, 0.3) is 0 Å². The Morgan fingerprint density at radius 1 is 0.926 bits per heavy atom. The summed E-state index contributed by atoms with van der Waals surface area (Å²) in [5.41, 5.74) is 4.61. The van der Waals surface area contributed by atoms with E-state index in [9.17, 15) is 14.0 Å². The van der Waals surface area contributed by atoms with Crippen LogP contribution < -0.4 is 10.2 Å². The molecule has 0 spiro atoms. The fraction of sp³-hybridized carbons (Fsp3) is 0.333. The van der Waals surface area contributed by atoms with Crippen molar-refractivity contribution in [2.75, 3.05) is 36.4 Å². The van der Waals surface area contributed by atoms with Gasteiger partial charge in [0.15, 0.2) is 0 Å². The topological polar surface area (TPSA) is 52.7 Å². The van der Waals surface area contributed by atoms with E-state index < -0.39 is 11.8 Å². The van der Waals surface area contributed by atoms with Crippen molar-refractivity contribution in [2.45, 2.75) is 20.8 Å². The molecule has 0 aliphatic carbocycles. The second kappa shape index (κ2) is 7.78. The highest BCUT2D eigenvalue weighted by Crippen LogP contribution is 2.22. The first-order valence-corrected chi connectivity index (χ1v) is 9.04. The molecule has 2 aromatic rings. The van der Waals surface area contributed by atoms with Gasteiger partial charge in [-0.3, -0.25) is 9.59 Å². The van der Waals surface area contributed by atoms with Crippen molar-refractivity contribution in [3.63, 3.8) is 0 Å². The Balaban J connectivity index is 1.60. The zero-order chi connectivity index (χ0) is 19.6. The first-order chi connectivity index (χ1) is 12.8. The highest BCUT2D eigenvalue weighted by atomic mass is 19.1. The molecule has 0 atom stereocenters. The second-order valence-electron chi connectivity index (χ2n) is 6.98. The first kappa shape index (κ1) is 18.9. The van der Waals surface area contributed by atoms with Gasteiger partial charge in [0.2, 0.25) is 0 Å². The number of carbonyl (C=O) groups is 2. The summed E-state index contributed by atoms with van der Waals surface area (Å²) < 4.78 is 13.1. The summed E-state index contributed by atoms with van der Waals surface area (Å²) >= 11 is 0. The highest BCUT2D eigenvalue weighted by molar-refractivity contribution is 6.39. The van der Waals surface area contributed by atoms with Crippen LogP contribution in [0.4, 0.5) is 15.8 Å². The molecular weight excluding hydrogens is 345 g/mol. The lowest BCUT2D eigenvalue weighted by molar-refractivity contribution is -0.143. The van der Waals surface area contributed by atoms with Crippen LogP contribution >= 0.6 is 0 Å². The maximum Gasteiger partial charge on any atom is 0.313 e. The van der Waals surface area contributed by atoms with Crippen LogP contribution in [0.3, 0.4) is 0 Å². The van der Waals surface area contributed by atoms with Crippen LogP contribution in [0, 0.1) is 26.6 Å². The summed E-state index contributed by atoms with van der Waals surface area (Å²) in [5.74, 6) is -1.40. The van der Waals surface area contributed by atoms with E-state index in [-0.39, 0.29) is 5.82 Å². The predicted molar refractivity (Wildman–Crippen MR) is 104 cm³/mol. The van der Waals surface area contributed by atoms with Gasteiger partial charge in [-0.15, -0.1) is 0 Å². The summed E-state index contributed by atoms with van der Waals surface area (Å²) in [6.07, 6.45) is 0. The predicted octanol–water partition coefficient (Wildman–Crippen LogP) is 3.04. The maximum absolute atomic E-state index is 13.1. The van der Waals surface area contributed by atoms with Crippen molar-refractivity contribution >= 4 is 23.2 Å². The molecule has 142 valence electrons. The number of aryl methyl sites for hydroxylation is 3. The lowest BCUT2D eigenvalue weighted by Gasteiger charge is -2.35. The number of halogens is 1. The van der Waals surface area contributed by atoms with Crippen LogP contribution in [-0.2, 0) is 9.59 Å². The number of benzene rings is 2. The number of hydrogen-bond donors (Lipinski definition) is 1. The largest absolute Gasteiger partial charge is 0.368 e. The molecule has 1 aliphatic heterocycles. The Kier molecular flexibility index (Phi) is 5.44. The molecule has 1 heterocycles. The van der Waals surface area contributed by atoms with Crippen LogP contribution in [0.5, 0.6) is 0 Å². The zero-order valence-electron chi connectivity index (χ0n) is 15.9. The third kappa shape index (κ3) is 4.27. The molecule has 2 amide bonds. The molecule has 6 heteroatoms.